The molecular weight excluding hydrogens is 328 g/mol. The summed E-state index contributed by atoms with van der Waals surface area (Å²) in [4.78, 5) is 11.6. The van der Waals surface area contributed by atoms with Gasteiger partial charge in [-0.3, -0.25) is 0 Å². The summed E-state index contributed by atoms with van der Waals surface area (Å²) in [6.45, 7) is 0.659. The number of ether oxygens (including phenoxy) is 2. The van der Waals surface area contributed by atoms with Crippen molar-refractivity contribution in [2.45, 2.75) is 6.54 Å². The Morgan fingerprint density at radius 1 is 0.962 bits per heavy atom. The normalized spacial score (nSPS) is 10.7. The number of anilines is 1. The highest BCUT2D eigenvalue weighted by atomic mass is 16.5. The van der Waals surface area contributed by atoms with Crippen molar-refractivity contribution in [2.24, 2.45) is 0 Å². The first-order valence-electron chi connectivity index (χ1n) is 8.25. The number of benzene rings is 2. The highest BCUT2D eigenvalue weighted by Gasteiger charge is 2.06. The third-order valence-corrected chi connectivity index (χ3v) is 4.03. The van der Waals surface area contributed by atoms with Crippen molar-refractivity contribution >= 4 is 16.9 Å². The largest absolute Gasteiger partial charge is 0.493 e. The molecule has 4 rings (SSSR count). The van der Waals surface area contributed by atoms with Crippen molar-refractivity contribution in [1.82, 2.24) is 15.0 Å². The van der Waals surface area contributed by atoms with Gasteiger partial charge in [-0.2, -0.15) is 0 Å². The Kier molecular flexibility index (Phi) is 4.38. The summed E-state index contributed by atoms with van der Waals surface area (Å²) >= 11 is 0. The number of fused-ring (bicyclic) bond motifs is 1. The van der Waals surface area contributed by atoms with Crippen LogP contribution in [0, 0.1) is 0 Å². The van der Waals surface area contributed by atoms with Crippen molar-refractivity contribution in [3.63, 3.8) is 0 Å². The zero-order valence-corrected chi connectivity index (χ0v) is 14.3. The zero-order chi connectivity index (χ0) is 17.8. The molecule has 2 aromatic carbocycles. The van der Waals surface area contributed by atoms with Crippen molar-refractivity contribution in [3.8, 4) is 17.2 Å². The Morgan fingerprint density at radius 2 is 1.77 bits per heavy atom. The fourth-order valence-corrected chi connectivity index (χ4v) is 2.70. The predicted octanol–water partition coefficient (Wildman–Crippen LogP) is 4.37. The maximum atomic E-state index is 5.90. The molecule has 130 valence electrons. The quantitative estimate of drug-likeness (QED) is 0.542. The Balaban J connectivity index is 1.44. The molecule has 6 nitrogen and oxygen atoms in total. The van der Waals surface area contributed by atoms with Crippen LogP contribution in [0.3, 0.4) is 0 Å². The number of nitrogens with one attached hydrogen (secondary N) is 2. The number of nitrogens with zero attached hydrogens (tertiary/aromatic N) is 2. The molecule has 2 heterocycles. The van der Waals surface area contributed by atoms with Crippen molar-refractivity contribution in [1.29, 1.82) is 0 Å². The first-order valence-corrected chi connectivity index (χ1v) is 8.25. The molecule has 0 bridgehead atoms. The Bertz CT molecular complexity index is 1010. The highest BCUT2D eigenvalue weighted by molar-refractivity contribution is 5.86. The van der Waals surface area contributed by atoms with Gasteiger partial charge in [-0.1, -0.05) is 24.3 Å². The second-order valence-corrected chi connectivity index (χ2v) is 5.71. The lowest BCUT2D eigenvalue weighted by Gasteiger charge is -2.11. The van der Waals surface area contributed by atoms with Gasteiger partial charge in [0, 0.05) is 12.7 Å². The molecule has 26 heavy (non-hydrogen) atoms. The summed E-state index contributed by atoms with van der Waals surface area (Å²) in [5, 5.41) is 4.32. The molecule has 0 aliphatic heterocycles. The average Bonchev–Trinajstić information content (AvgIpc) is 3.17. The van der Waals surface area contributed by atoms with Gasteiger partial charge in [-0.15, -0.1) is 0 Å². The highest BCUT2D eigenvalue weighted by Crippen LogP contribution is 2.31. The SMILES string of the molecule is COc1ccccc1Oc1ccc(CNc2ncnc3[nH]ccc23)cc1. The van der Waals surface area contributed by atoms with E-state index in [1.165, 1.54) is 0 Å². The maximum absolute atomic E-state index is 5.90. The lowest BCUT2D eigenvalue weighted by molar-refractivity contribution is 0.379. The average molecular weight is 346 g/mol. The summed E-state index contributed by atoms with van der Waals surface area (Å²) in [6.07, 6.45) is 3.40. The number of aromatic nitrogens is 3. The van der Waals surface area contributed by atoms with Crippen LogP contribution in [0.1, 0.15) is 5.56 Å². The summed E-state index contributed by atoms with van der Waals surface area (Å²) < 4.78 is 11.2. The molecule has 0 saturated carbocycles. The second-order valence-electron chi connectivity index (χ2n) is 5.71. The standard InChI is InChI=1S/C20H18N4O2/c1-25-17-4-2-3-5-18(17)26-15-8-6-14(7-9-15)12-22-20-16-10-11-21-19(16)23-13-24-20/h2-11,13H,12H2,1H3,(H2,21,22,23,24). The minimum Gasteiger partial charge on any atom is -0.493 e. The van der Waals surface area contributed by atoms with Gasteiger partial charge in [0.15, 0.2) is 11.5 Å². The van der Waals surface area contributed by atoms with E-state index in [1.54, 1.807) is 13.4 Å². The number of hydrogen-bond acceptors (Lipinski definition) is 5. The van der Waals surface area contributed by atoms with Crippen molar-refractivity contribution < 1.29 is 9.47 Å². The van der Waals surface area contributed by atoms with E-state index in [2.05, 4.69) is 20.3 Å². The van der Waals surface area contributed by atoms with Gasteiger partial charge in [0.2, 0.25) is 0 Å². The number of para-hydroxylation sites is 2. The third kappa shape index (κ3) is 3.30. The van der Waals surface area contributed by atoms with Gasteiger partial charge in [0.05, 0.1) is 12.5 Å². The summed E-state index contributed by atoms with van der Waals surface area (Å²) in [5.41, 5.74) is 1.95. The Labute approximate surface area is 150 Å². The van der Waals surface area contributed by atoms with E-state index in [0.717, 1.165) is 28.2 Å². The smallest absolute Gasteiger partial charge is 0.169 e. The molecule has 0 unspecified atom stereocenters. The van der Waals surface area contributed by atoms with Crippen LogP contribution in [0.2, 0.25) is 0 Å². The van der Waals surface area contributed by atoms with Gasteiger partial charge in [0.25, 0.3) is 0 Å². The number of hydrogen-bond donors (Lipinski definition) is 2. The molecule has 0 amide bonds. The van der Waals surface area contributed by atoms with E-state index in [0.29, 0.717) is 18.0 Å². The maximum Gasteiger partial charge on any atom is 0.169 e. The van der Waals surface area contributed by atoms with Crippen LogP contribution in [0.4, 0.5) is 5.82 Å². The molecule has 2 N–H and O–H groups in total. The minimum atomic E-state index is 0.659. The minimum absolute atomic E-state index is 0.659. The number of aromatic amines is 1. The molecule has 0 saturated heterocycles. The zero-order valence-electron chi connectivity index (χ0n) is 14.3. The van der Waals surface area contributed by atoms with Crippen LogP contribution in [0.25, 0.3) is 11.0 Å². The lowest BCUT2D eigenvalue weighted by Crippen LogP contribution is -2.02. The molecule has 4 aromatic rings. The predicted molar refractivity (Wildman–Crippen MR) is 101 cm³/mol. The van der Waals surface area contributed by atoms with E-state index in [-0.39, 0.29) is 0 Å². The van der Waals surface area contributed by atoms with E-state index < -0.39 is 0 Å². The van der Waals surface area contributed by atoms with Gasteiger partial charge in [0.1, 0.15) is 23.5 Å². The number of methoxy groups -OCH3 is 1. The monoisotopic (exact) mass is 346 g/mol. The molecule has 0 fully saturated rings. The molecule has 0 radical (unpaired) electrons. The molecule has 6 heteroatoms. The van der Waals surface area contributed by atoms with Crippen LogP contribution < -0.4 is 14.8 Å². The second kappa shape index (κ2) is 7.14. The van der Waals surface area contributed by atoms with Gasteiger partial charge in [-0.05, 0) is 35.9 Å². The first kappa shape index (κ1) is 16.0. The molecule has 0 spiro atoms. The molecule has 2 aromatic heterocycles. The number of H-pyrrole nitrogens is 1. The van der Waals surface area contributed by atoms with E-state index in [1.807, 2.05) is 60.8 Å². The van der Waals surface area contributed by atoms with E-state index >= 15 is 0 Å². The van der Waals surface area contributed by atoms with Gasteiger partial charge in [-0.25, -0.2) is 9.97 Å². The molecule has 0 atom stereocenters. The summed E-state index contributed by atoms with van der Waals surface area (Å²) in [7, 11) is 1.63. The topological polar surface area (TPSA) is 72.1 Å². The van der Waals surface area contributed by atoms with Crippen LogP contribution >= 0.6 is 0 Å². The van der Waals surface area contributed by atoms with Crippen LogP contribution in [0.15, 0.2) is 67.1 Å². The molecule has 0 aliphatic rings. The molecule has 0 aliphatic carbocycles. The summed E-state index contributed by atoms with van der Waals surface area (Å²) in [6, 6.07) is 17.5. The fourth-order valence-electron chi connectivity index (χ4n) is 2.70. The van der Waals surface area contributed by atoms with Crippen molar-refractivity contribution in [3.05, 3.63) is 72.7 Å². The van der Waals surface area contributed by atoms with Crippen molar-refractivity contribution in [2.75, 3.05) is 12.4 Å². The first-order chi connectivity index (χ1) is 12.8. The van der Waals surface area contributed by atoms with Gasteiger partial charge < -0.3 is 19.8 Å². The number of rotatable bonds is 6. The van der Waals surface area contributed by atoms with Crippen LogP contribution in [-0.4, -0.2) is 22.1 Å². The van der Waals surface area contributed by atoms with Crippen LogP contribution in [0.5, 0.6) is 17.2 Å². The fraction of sp³-hybridized carbons (Fsp3) is 0.100. The van der Waals surface area contributed by atoms with E-state index in [9.17, 15) is 0 Å². The van der Waals surface area contributed by atoms with Gasteiger partial charge >= 0.3 is 0 Å². The third-order valence-electron chi connectivity index (χ3n) is 4.03. The summed E-state index contributed by atoms with van der Waals surface area (Å²) in [5.74, 6) is 2.97. The van der Waals surface area contributed by atoms with Crippen LogP contribution in [-0.2, 0) is 6.54 Å². The Hall–Kier alpha value is -3.54. The Morgan fingerprint density at radius 3 is 2.58 bits per heavy atom. The lowest BCUT2D eigenvalue weighted by atomic mass is 10.2. The molecular formula is C20H18N4O2. The van der Waals surface area contributed by atoms with E-state index in [4.69, 9.17) is 9.47 Å².